The molecule has 1 aliphatic carbocycles. The van der Waals surface area contributed by atoms with E-state index >= 15 is 0 Å². The molecule has 2 amide bonds. The lowest BCUT2D eigenvalue weighted by Gasteiger charge is -2.21. The van der Waals surface area contributed by atoms with Crippen molar-refractivity contribution >= 4 is 34.5 Å². The van der Waals surface area contributed by atoms with Crippen LogP contribution in [0.2, 0.25) is 0 Å². The minimum absolute atomic E-state index is 0.0173. The number of anilines is 2. The first-order valence-corrected chi connectivity index (χ1v) is 10.9. The lowest BCUT2D eigenvalue weighted by molar-refractivity contribution is -0.118. The van der Waals surface area contributed by atoms with Crippen molar-refractivity contribution in [1.82, 2.24) is 5.32 Å². The first kappa shape index (κ1) is 20.4. The third kappa shape index (κ3) is 5.58. The molecule has 150 valence electrons. The molecule has 1 unspecified atom stereocenters. The van der Waals surface area contributed by atoms with Crippen molar-refractivity contribution in [3.8, 4) is 0 Å². The third-order valence-corrected chi connectivity index (χ3v) is 6.07. The molecule has 0 bridgehead atoms. The fourth-order valence-electron chi connectivity index (χ4n) is 3.52. The molecule has 0 radical (unpaired) electrons. The molecule has 5 nitrogen and oxygen atoms in total. The first-order chi connectivity index (χ1) is 13.5. The van der Waals surface area contributed by atoms with Gasteiger partial charge in [0.05, 0.1) is 4.88 Å². The quantitative estimate of drug-likeness (QED) is 0.600. The summed E-state index contributed by atoms with van der Waals surface area (Å²) in [5.41, 5.74) is 1.80. The first-order valence-electron chi connectivity index (χ1n) is 10.0. The summed E-state index contributed by atoms with van der Waals surface area (Å²) in [5.74, 6) is 0.344. The minimum Gasteiger partial charge on any atom is -0.385 e. The maximum Gasteiger partial charge on any atom is 0.262 e. The number of carbonyl (C=O) groups is 2. The summed E-state index contributed by atoms with van der Waals surface area (Å²) in [6.07, 6.45) is 5.32. The fraction of sp³-hybridized carbons (Fsp3) is 0.455. The molecular formula is C22H29N3O2S. The molecule has 6 heteroatoms. The van der Waals surface area contributed by atoms with Crippen LogP contribution in [0.1, 0.15) is 49.2 Å². The van der Waals surface area contributed by atoms with Crippen LogP contribution in [0.5, 0.6) is 0 Å². The normalized spacial score (nSPS) is 15.4. The smallest absolute Gasteiger partial charge is 0.262 e. The molecule has 1 heterocycles. The largest absolute Gasteiger partial charge is 0.385 e. The monoisotopic (exact) mass is 399 g/mol. The summed E-state index contributed by atoms with van der Waals surface area (Å²) in [6, 6.07) is 10.8. The Bertz CT molecular complexity index is 766. The standard InChI is InChI=1S/C22H29N3O2S/c1-15(2)20(25-21(26)19-8-5-13-28-19)22(27)24-18-11-9-17(10-12-18)23-14-16-6-3-4-7-16/h5,8-13,15-16,20,23H,3-4,6-7,14H2,1-2H3,(H,24,27)(H,25,26). The Kier molecular flexibility index (Phi) is 7.09. The molecule has 1 saturated carbocycles. The van der Waals surface area contributed by atoms with Crippen molar-refractivity contribution in [1.29, 1.82) is 0 Å². The third-order valence-electron chi connectivity index (χ3n) is 5.20. The molecule has 1 aliphatic rings. The van der Waals surface area contributed by atoms with Gasteiger partial charge in [0, 0.05) is 17.9 Å². The molecular weight excluding hydrogens is 370 g/mol. The highest BCUT2D eigenvalue weighted by molar-refractivity contribution is 7.12. The number of hydrogen-bond donors (Lipinski definition) is 3. The van der Waals surface area contributed by atoms with E-state index in [1.165, 1.54) is 37.0 Å². The van der Waals surface area contributed by atoms with Gasteiger partial charge in [-0.3, -0.25) is 9.59 Å². The fourth-order valence-corrected chi connectivity index (χ4v) is 4.15. The van der Waals surface area contributed by atoms with Crippen molar-refractivity contribution in [3.05, 3.63) is 46.7 Å². The maximum absolute atomic E-state index is 12.7. The van der Waals surface area contributed by atoms with Crippen LogP contribution in [0.4, 0.5) is 11.4 Å². The van der Waals surface area contributed by atoms with E-state index in [1.807, 2.05) is 49.6 Å². The van der Waals surface area contributed by atoms with Crippen LogP contribution < -0.4 is 16.0 Å². The summed E-state index contributed by atoms with van der Waals surface area (Å²) >= 11 is 1.36. The number of carbonyl (C=O) groups excluding carboxylic acids is 2. The molecule has 1 aromatic carbocycles. The van der Waals surface area contributed by atoms with Crippen molar-refractivity contribution in [2.75, 3.05) is 17.2 Å². The Balaban J connectivity index is 1.54. The van der Waals surface area contributed by atoms with E-state index in [0.29, 0.717) is 4.88 Å². The van der Waals surface area contributed by atoms with Gasteiger partial charge < -0.3 is 16.0 Å². The lowest BCUT2D eigenvalue weighted by Crippen LogP contribution is -2.46. The molecule has 1 aromatic heterocycles. The van der Waals surface area contributed by atoms with Gasteiger partial charge in [-0.05, 0) is 60.4 Å². The van der Waals surface area contributed by atoms with Crippen molar-refractivity contribution in [3.63, 3.8) is 0 Å². The van der Waals surface area contributed by atoms with E-state index in [-0.39, 0.29) is 17.7 Å². The SMILES string of the molecule is CC(C)C(NC(=O)c1cccs1)C(=O)Nc1ccc(NCC2CCCC2)cc1. The number of benzene rings is 1. The van der Waals surface area contributed by atoms with Gasteiger partial charge in [0.15, 0.2) is 0 Å². The molecule has 1 atom stereocenters. The highest BCUT2D eigenvalue weighted by atomic mass is 32.1. The number of hydrogen-bond acceptors (Lipinski definition) is 4. The Morgan fingerprint density at radius 3 is 2.36 bits per heavy atom. The average Bonchev–Trinajstić information content (AvgIpc) is 3.38. The van der Waals surface area contributed by atoms with Gasteiger partial charge in [-0.25, -0.2) is 0 Å². The zero-order valence-corrected chi connectivity index (χ0v) is 17.4. The molecule has 1 fully saturated rings. The molecule has 2 aromatic rings. The highest BCUT2D eigenvalue weighted by Gasteiger charge is 2.25. The van der Waals surface area contributed by atoms with Gasteiger partial charge >= 0.3 is 0 Å². The molecule has 28 heavy (non-hydrogen) atoms. The number of thiophene rings is 1. The maximum atomic E-state index is 12.7. The Labute approximate surface area is 170 Å². The van der Waals surface area contributed by atoms with Crippen molar-refractivity contribution < 1.29 is 9.59 Å². The summed E-state index contributed by atoms with van der Waals surface area (Å²) in [7, 11) is 0. The van der Waals surface area contributed by atoms with E-state index in [4.69, 9.17) is 0 Å². The van der Waals surface area contributed by atoms with Gasteiger partial charge in [0.1, 0.15) is 6.04 Å². The molecule has 3 N–H and O–H groups in total. The van der Waals surface area contributed by atoms with E-state index in [1.54, 1.807) is 6.07 Å². The number of amides is 2. The number of rotatable bonds is 8. The molecule has 0 spiro atoms. The summed E-state index contributed by atoms with van der Waals surface area (Å²) < 4.78 is 0. The van der Waals surface area contributed by atoms with Crippen molar-refractivity contribution in [2.45, 2.75) is 45.6 Å². The Morgan fingerprint density at radius 2 is 1.75 bits per heavy atom. The van der Waals surface area contributed by atoms with E-state index in [0.717, 1.165) is 23.8 Å². The second kappa shape index (κ2) is 9.73. The Morgan fingerprint density at radius 1 is 1.07 bits per heavy atom. The van der Waals surface area contributed by atoms with E-state index < -0.39 is 6.04 Å². The predicted octanol–water partition coefficient (Wildman–Crippen LogP) is 4.74. The summed E-state index contributed by atoms with van der Waals surface area (Å²) in [5, 5.41) is 11.1. The molecule has 0 aliphatic heterocycles. The van der Waals surface area contributed by atoms with E-state index in [2.05, 4.69) is 16.0 Å². The van der Waals surface area contributed by atoms with Gasteiger partial charge in [0.2, 0.25) is 5.91 Å². The highest BCUT2D eigenvalue weighted by Crippen LogP contribution is 2.25. The van der Waals surface area contributed by atoms with Crippen LogP contribution in [-0.4, -0.2) is 24.4 Å². The zero-order chi connectivity index (χ0) is 19.9. The number of nitrogens with one attached hydrogen (secondary N) is 3. The zero-order valence-electron chi connectivity index (χ0n) is 16.5. The lowest BCUT2D eigenvalue weighted by atomic mass is 10.0. The van der Waals surface area contributed by atoms with Crippen LogP contribution in [0.15, 0.2) is 41.8 Å². The van der Waals surface area contributed by atoms with Crippen LogP contribution >= 0.6 is 11.3 Å². The topological polar surface area (TPSA) is 70.2 Å². The van der Waals surface area contributed by atoms with Crippen LogP contribution in [0, 0.1) is 11.8 Å². The van der Waals surface area contributed by atoms with Gasteiger partial charge in [-0.2, -0.15) is 0 Å². The Hall–Kier alpha value is -2.34. The summed E-state index contributed by atoms with van der Waals surface area (Å²) in [4.78, 5) is 25.6. The van der Waals surface area contributed by atoms with Crippen LogP contribution in [0.3, 0.4) is 0 Å². The van der Waals surface area contributed by atoms with E-state index in [9.17, 15) is 9.59 Å². The predicted molar refractivity (Wildman–Crippen MR) is 116 cm³/mol. The van der Waals surface area contributed by atoms with Gasteiger partial charge in [-0.1, -0.05) is 32.8 Å². The van der Waals surface area contributed by atoms with Gasteiger partial charge in [0.25, 0.3) is 5.91 Å². The molecule has 0 saturated heterocycles. The minimum atomic E-state index is -0.588. The van der Waals surface area contributed by atoms with Crippen LogP contribution in [-0.2, 0) is 4.79 Å². The second-order valence-electron chi connectivity index (χ2n) is 7.77. The second-order valence-corrected chi connectivity index (χ2v) is 8.72. The van der Waals surface area contributed by atoms with Crippen LogP contribution in [0.25, 0.3) is 0 Å². The summed E-state index contributed by atoms with van der Waals surface area (Å²) in [6.45, 7) is 4.86. The van der Waals surface area contributed by atoms with Gasteiger partial charge in [-0.15, -0.1) is 11.3 Å². The average molecular weight is 400 g/mol. The molecule has 3 rings (SSSR count). The van der Waals surface area contributed by atoms with Crippen molar-refractivity contribution in [2.24, 2.45) is 11.8 Å².